The van der Waals surface area contributed by atoms with Crippen LogP contribution in [0.4, 0.5) is 0 Å². The number of nitrogens with one attached hydrogen (secondary N) is 1. The van der Waals surface area contributed by atoms with Crippen molar-refractivity contribution in [1.29, 1.82) is 0 Å². The quantitative estimate of drug-likeness (QED) is 0.537. The maximum atomic E-state index is 12.5. The molecule has 0 spiro atoms. The largest absolute Gasteiger partial charge is 0.440 e. The summed E-state index contributed by atoms with van der Waals surface area (Å²) < 4.78 is 6.14. The second-order valence-electron chi connectivity index (χ2n) is 8.64. The summed E-state index contributed by atoms with van der Waals surface area (Å²) in [4.78, 5) is 22.2. The summed E-state index contributed by atoms with van der Waals surface area (Å²) in [6.45, 7) is 10.5. The monoisotopic (exact) mass is 446 g/mol. The Bertz CT molecular complexity index is 954. The van der Waals surface area contributed by atoms with Crippen molar-refractivity contribution >= 4 is 5.91 Å². The molecule has 1 aliphatic heterocycles. The van der Waals surface area contributed by atoms with Crippen LogP contribution in [0.2, 0.25) is 0 Å². The fourth-order valence-corrected chi connectivity index (χ4v) is 4.27. The van der Waals surface area contributed by atoms with E-state index in [4.69, 9.17) is 9.40 Å². The topological polar surface area (TPSA) is 61.6 Å². The fraction of sp³-hybridized carbons (Fsp3) is 0.407. The van der Waals surface area contributed by atoms with Crippen LogP contribution in [0, 0.1) is 0 Å². The van der Waals surface area contributed by atoms with Crippen LogP contribution in [0.15, 0.2) is 65.1 Å². The lowest BCUT2D eigenvalue weighted by molar-refractivity contribution is -0.121. The van der Waals surface area contributed by atoms with Gasteiger partial charge in [-0.05, 0) is 13.5 Å². The van der Waals surface area contributed by atoms with Crippen LogP contribution in [0.3, 0.4) is 0 Å². The minimum atomic E-state index is 0.0368. The standard InChI is InChI=1S/C27H34N4O2/c1-3-30-16-18-31(19-17-30)21(2)20-28-24(32)14-15-25-29-26(22-10-6-4-7-11-22)27(33-25)23-12-8-5-9-13-23/h4-13,21H,3,14-20H2,1-2H3,(H,28,32). The molecule has 1 aromatic heterocycles. The van der Waals surface area contributed by atoms with Gasteiger partial charge in [0.2, 0.25) is 5.91 Å². The Morgan fingerprint density at radius 1 is 1.00 bits per heavy atom. The second kappa shape index (κ2) is 11.3. The van der Waals surface area contributed by atoms with E-state index in [2.05, 4.69) is 29.0 Å². The van der Waals surface area contributed by atoms with Crippen LogP contribution < -0.4 is 5.32 Å². The number of aromatic nitrogens is 1. The first-order chi connectivity index (χ1) is 16.1. The van der Waals surface area contributed by atoms with E-state index in [1.165, 1.54) is 0 Å². The number of amides is 1. The summed E-state index contributed by atoms with van der Waals surface area (Å²) in [5.74, 6) is 1.37. The molecule has 1 amide bonds. The normalized spacial score (nSPS) is 15.9. The molecule has 1 fully saturated rings. The minimum absolute atomic E-state index is 0.0368. The molecular formula is C27H34N4O2. The second-order valence-corrected chi connectivity index (χ2v) is 8.64. The molecule has 1 atom stereocenters. The third kappa shape index (κ3) is 6.09. The molecule has 2 aromatic carbocycles. The first-order valence-corrected chi connectivity index (χ1v) is 12.0. The van der Waals surface area contributed by atoms with E-state index < -0.39 is 0 Å². The molecule has 3 aromatic rings. The van der Waals surface area contributed by atoms with Gasteiger partial charge in [0.25, 0.3) is 0 Å². The summed E-state index contributed by atoms with van der Waals surface area (Å²) in [6, 6.07) is 20.4. The zero-order chi connectivity index (χ0) is 23.0. The lowest BCUT2D eigenvalue weighted by Crippen LogP contribution is -2.52. The van der Waals surface area contributed by atoms with E-state index in [9.17, 15) is 4.79 Å². The highest BCUT2D eigenvalue weighted by Gasteiger charge is 2.21. The Balaban J connectivity index is 1.34. The van der Waals surface area contributed by atoms with Crippen molar-refractivity contribution in [2.24, 2.45) is 0 Å². The molecule has 2 heterocycles. The lowest BCUT2D eigenvalue weighted by Gasteiger charge is -2.37. The Kier molecular flexibility index (Phi) is 7.92. The Labute approximate surface area is 196 Å². The molecule has 1 saturated heterocycles. The van der Waals surface area contributed by atoms with Crippen molar-refractivity contribution in [2.45, 2.75) is 32.7 Å². The van der Waals surface area contributed by atoms with E-state index in [0.717, 1.165) is 55.3 Å². The third-order valence-corrected chi connectivity index (χ3v) is 6.39. The van der Waals surface area contributed by atoms with Gasteiger partial charge in [-0.2, -0.15) is 0 Å². The minimum Gasteiger partial charge on any atom is -0.440 e. The Morgan fingerprint density at radius 3 is 2.27 bits per heavy atom. The molecule has 0 radical (unpaired) electrons. The number of hydrogen-bond acceptors (Lipinski definition) is 5. The van der Waals surface area contributed by atoms with Gasteiger partial charge < -0.3 is 14.6 Å². The van der Waals surface area contributed by atoms with Gasteiger partial charge in [0.05, 0.1) is 0 Å². The number of oxazole rings is 1. The summed E-state index contributed by atoms with van der Waals surface area (Å²) in [7, 11) is 0. The van der Waals surface area contributed by atoms with E-state index in [-0.39, 0.29) is 5.91 Å². The molecule has 0 saturated carbocycles. The van der Waals surface area contributed by atoms with Crippen LogP contribution in [-0.4, -0.2) is 66.0 Å². The maximum absolute atomic E-state index is 12.5. The highest BCUT2D eigenvalue weighted by Crippen LogP contribution is 2.32. The zero-order valence-corrected chi connectivity index (χ0v) is 19.7. The van der Waals surface area contributed by atoms with Gasteiger partial charge in [0.15, 0.2) is 11.7 Å². The van der Waals surface area contributed by atoms with Crippen molar-refractivity contribution in [3.05, 3.63) is 66.6 Å². The summed E-state index contributed by atoms with van der Waals surface area (Å²) >= 11 is 0. The molecule has 4 rings (SSSR count). The molecule has 1 N–H and O–H groups in total. The number of carbonyl (C=O) groups is 1. The van der Waals surface area contributed by atoms with Gasteiger partial charge in [0, 0.05) is 62.7 Å². The van der Waals surface area contributed by atoms with Gasteiger partial charge in [0.1, 0.15) is 5.69 Å². The molecule has 0 aliphatic carbocycles. The number of piperazine rings is 1. The SMILES string of the molecule is CCN1CCN(C(C)CNC(=O)CCc2nc(-c3ccccc3)c(-c3ccccc3)o2)CC1. The van der Waals surface area contributed by atoms with E-state index >= 15 is 0 Å². The molecule has 174 valence electrons. The number of hydrogen-bond donors (Lipinski definition) is 1. The first kappa shape index (κ1) is 23.2. The third-order valence-electron chi connectivity index (χ3n) is 6.39. The van der Waals surface area contributed by atoms with Crippen LogP contribution >= 0.6 is 0 Å². The van der Waals surface area contributed by atoms with Crippen molar-refractivity contribution in [3.8, 4) is 22.6 Å². The van der Waals surface area contributed by atoms with Gasteiger partial charge in [-0.25, -0.2) is 4.98 Å². The van der Waals surface area contributed by atoms with E-state index in [1.54, 1.807) is 0 Å². The number of rotatable bonds is 9. The van der Waals surface area contributed by atoms with Crippen LogP contribution in [0.25, 0.3) is 22.6 Å². The zero-order valence-electron chi connectivity index (χ0n) is 19.7. The number of likely N-dealkylation sites (N-methyl/N-ethyl adjacent to an activating group) is 1. The number of nitrogens with zero attached hydrogens (tertiary/aromatic N) is 3. The van der Waals surface area contributed by atoms with Crippen molar-refractivity contribution in [3.63, 3.8) is 0 Å². The van der Waals surface area contributed by atoms with Crippen LogP contribution in [-0.2, 0) is 11.2 Å². The van der Waals surface area contributed by atoms with Crippen LogP contribution in [0.5, 0.6) is 0 Å². The molecule has 1 aliphatic rings. The molecule has 6 nitrogen and oxygen atoms in total. The van der Waals surface area contributed by atoms with E-state index in [1.807, 2.05) is 60.7 Å². The predicted octanol–water partition coefficient (Wildman–Crippen LogP) is 4.08. The number of carbonyl (C=O) groups excluding carboxylic acids is 1. The average Bonchev–Trinajstić information content (AvgIpc) is 3.31. The summed E-state index contributed by atoms with van der Waals surface area (Å²) in [6.07, 6.45) is 0.835. The summed E-state index contributed by atoms with van der Waals surface area (Å²) in [5, 5.41) is 3.10. The highest BCUT2D eigenvalue weighted by molar-refractivity contribution is 5.77. The maximum Gasteiger partial charge on any atom is 0.220 e. The smallest absolute Gasteiger partial charge is 0.220 e. The van der Waals surface area contributed by atoms with E-state index in [0.29, 0.717) is 31.3 Å². The molecule has 1 unspecified atom stereocenters. The number of benzene rings is 2. The lowest BCUT2D eigenvalue weighted by atomic mass is 10.1. The molecule has 33 heavy (non-hydrogen) atoms. The fourth-order valence-electron chi connectivity index (χ4n) is 4.27. The highest BCUT2D eigenvalue weighted by atomic mass is 16.4. The Morgan fingerprint density at radius 2 is 1.64 bits per heavy atom. The van der Waals surface area contributed by atoms with Crippen molar-refractivity contribution in [2.75, 3.05) is 39.3 Å². The van der Waals surface area contributed by atoms with Gasteiger partial charge in [-0.15, -0.1) is 0 Å². The Hall–Kier alpha value is -2.96. The summed E-state index contributed by atoms with van der Waals surface area (Å²) in [5.41, 5.74) is 2.81. The molecule has 0 bridgehead atoms. The predicted molar refractivity (Wildman–Crippen MR) is 132 cm³/mol. The average molecular weight is 447 g/mol. The van der Waals surface area contributed by atoms with Gasteiger partial charge >= 0.3 is 0 Å². The number of aryl methyl sites for hydroxylation is 1. The van der Waals surface area contributed by atoms with Gasteiger partial charge in [-0.3, -0.25) is 9.69 Å². The van der Waals surface area contributed by atoms with Crippen molar-refractivity contribution in [1.82, 2.24) is 20.1 Å². The van der Waals surface area contributed by atoms with Crippen LogP contribution in [0.1, 0.15) is 26.2 Å². The first-order valence-electron chi connectivity index (χ1n) is 12.0. The molecule has 6 heteroatoms. The van der Waals surface area contributed by atoms with Gasteiger partial charge in [-0.1, -0.05) is 67.6 Å². The molecular weight excluding hydrogens is 412 g/mol. The van der Waals surface area contributed by atoms with Crippen molar-refractivity contribution < 1.29 is 9.21 Å².